The lowest BCUT2D eigenvalue weighted by molar-refractivity contribution is 0.0731. The summed E-state index contributed by atoms with van der Waals surface area (Å²) in [5.41, 5.74) is 0. The lowest BCUT2D eigenvalue weighted by Gasteiger charge is -2.25. The van der Waals surface area contributed by atoms with Crippen molar-refractivity contribution in [3.05, 3.63) is 53.1 Å². The van der Waals surface area contributed by atoms with Crippen LogP contribution in [0.1, 0.15) is 21.2 Å². The van der Waals surface area contributed by atoms with Gasteiger partial charge in [-0.05, 0) is 24.3 Å². The van der Waals surface area contributed by atoms with Crippen LogP contribution in [0.5, 0.6) is 0 Å². The first-order chi connectivity index (χ1) is 14.9. The normalized spacial score (nSPS) is 15.3. The number of furan rings is 1. The molecule has 1 saturated heterocycles. The number of amides is 1. The van der Waals surface area contributed by atoms with Gasteiger partial charge in [-0.25, -0.2) is 13.4 Å². The Morgan fingerprint density at radius 3 is 2.81 bits per heavy atom. The van der Waals surface area contributed by atoms with Crippen molar-refractivity contribution in [1.29, 1.82) is 0 Å². The summed E-state index contributed by atoms with van der Waals surface area (Å²) in [6.45, 7) is 1.73. The van der Waals surface area contributed by atoms with E-state index in [9.17, 15) is 13.2 Å². The third-order valence-electron chi connectivity index (χ3n) is 4.63. The summed E-state index contributed by atoms with van der Waals surface area (Å²) in [5, 5.41) is 3.64. The van der Waals surface area contributed by atoms with Gasteiger partial charge < -0.3 is 19.0 Å². The number of ether oxygens (including phenoxy) is 1. The van der Waals surface area contributed by atoms with Gasteiger partial charge in [0.25, 0.3) is 15.9 Å². The number of carbonyl (C=O) groups is 1. The molecule has 1 aliphatic heterocycles. The number of morpholine rings is 1. The Morgan fingerprint density at radius 2 is 2.06 bits per heavy atom. The SMILES string of the molecule is Cn1ccnc1SCc1ccc(C(=O)NCc2ccc(S(=O)(=O)N3CCOCC3)s2)o1. The van der Waals surface area contributed by atoms with E-state index in [1.807, 2.05) is 17.8 Å². The number of imidazole rings is 1. The van der Waals surface area contributed by atoms with Gasteiger partial charge in [-0.1, -0.05) is 11.8 Å². The molecule has 1 aliphatic rings. The Hall–Kier alpha value is -2.12. The molecule has 0 spiro atoms. The van der Waals surface area contributed by atoms with Gasteiger partial charge in [-0.15, -0.1) is 11.3 Å². The fourth-order valence-corrected chi connectivity index (χ4v) is 6.65. The molecule has 0 atom stereocenters. The zero-order valence-corrected chi connectivity index (χ0v) is 19.3. The standard InChI is InChI=1S/C19H22N4O5S3/c1-22-7-6-20-19(22)29-13-14-2-4-16(28-14)18(24)21-12-15-3-5-17(30-15)31(25,26)23-8-10-27-11-9-23/h2-7H,8-13H2,1H3,(H,21,24). The van der Waals surface area contributed by atoms with E-state index in [0.717, 1.165) is 21.4 Å². The number of nitrogens with one attached hydrogen (secondary N) is 1. The summed E-state index contributed by atoms with van der Waals surface area (Å²) in [7, 11) is -1.61. The van der Waals surface area contributed by atoms with Gasteiger partial charge in [-0.2, -0.15) is 4.31 Å². The number of thioether (sulfide) groups is 1. The first-order valence-corrected chi connectivity index (χ1v) is 12.8. The van der Waals surface area contributed by atoms with Crippen LogP contribution >= 0.6 is 23.1 Å². The predicted molar refractivity (Wildman–Crippen MR) is 117 cm³/mol. The van der Waals surface area contributed by atoms with Crippen LogP contribution < -0.4 is 5.32 Å². The van der Waals surface area contributed by atoms with E-state index in [-0.39, 0.29) is 22.4 Å². The second kappa shape index (κ2) is 9.57. The average molecular weight is 483 g/mol. The van der Waals surface area contributed by atoms with Gasteiger partial charge in [0, 0.05) is 37.4 Å². The zero-order chi connectivity index (χ0) is 21.8. The Kier molecular flexibility index (Phi) is 6.82. The van der Waals surface area contributed by atoms with Crippen LogP contribution in [0.4, 0.5) is 0 Å². The van der Waals surface area contributed by atoms with E-state index in [1.54, 1.807) is 30.5 Å². The summed E-state index contributed by atoms with van der Waals surface area (Å²) in [6, 6.07) is 6.70. The van der Waals surface area contributed by atoms with Crippen LogP contribution in [0.15, 0.2) is 50.4 Å². The quantitative estimate of drug-likeness (QED) is 0.491. The van der Waals surface area contributed by atoms with Crippen LogP contribution in [-0.2, 0) is 34.1 Å². The van der Waals surface area contributed by atoms with Crippen LogP contribution in [-0.4, -0.2) is 54.5 Å². The van der Waals surface area contributed by atoms with Crippen molar-refractivity contribution in [3.8, 4) is 0 Å². The third-order valence-corrected chi connectivity index (χ3v) is 9.16. The van der Waals surface area contributed by atoms with Crippen molar-refractivity contribution in [3.63, 3.8) is 0 Å². The third kappa shape index (κ3) is 5.21. The molecule has 166 valence electrons. The second-order valence-electron chi connectivity index (χ2n) is 6.80. The number of thiophene rings is 1. The zero-order valence-electron chi connectivity index (χ0n) is 16.8. The lowest BCUT2D eigenvalue weighted by Crippen LogP contribution is -2.40. The van der Waals surface area contributed by atoms with Gasteiger partial charge in [0.05, 0.1) is 25.5 Å². The van der Waals surface area contributed by atoms with Crippen molar-refractivity contribution >= 4 is 39.0 Å². The number of rotatable bonds is 8. The van der Waals surface area contributed by atoms with Crippen molar-refractivity contribution < 1.29 is 22.4 Å². The number of carbonyl (C=O) groups excluding carboxylic acids is 1. The molecule has 12 heteroatoms. The fraction of sp³-hybridized carbons (Fsp3) is 0.368. The van der Waals surface area contributed by atoms with Crippen LogP contribution in [0, 0.1) is 0 Å². The van der Waals surface area contributed by atoms with Crippen LogP contribution in [0.3, 0.4) is 0 Å². The maximum absolute atomic E-state index is 12.7. The topological polar surface area (TPSA) is 107 Å². The van der Waals surface area contributed by atoms with Crippen LogP contribution in [0.25, 0.3) is 0 Å². The summed E-state index contributed by atoms with van der Waals surface area (Å²) in [6.07, 6.45) is 3.59. The van der Waals surface area contributed by atoms with E-state index < -0.39 is 10.0 Å². The molecule has 0 radical (unpaired) electrons. The second-order valence-corrected chi connectivity index (χ2v) is 11.1. The van der Waals surface area contributed by atoms with E-state index in [0.29, 0.717) is 37.8 Å². The molecule has 0 aromatic carbocycles. The first-order valence-electron chi connectivity index (χ1n) is 9.57. The van der Waals surface area contributed by atoms with E-state index in [4.69, 9.17) is 9.15 Å². The molecule has 0 aliphatic carbocycles. The highest BCUT2D eigenvalue weighted by molar-refractivity contribution is 7.98. The maximum Gasteiger partial charge on any atom is 0.287 e. The minimum absolute atomic E-state index is 0.216. The number of hydrogen-bond acceptors (Lipinski definition) is 8. The highest BCUT2D eigenvalue weighted by Crippen LogP contribution is 2.26. The molecule has 1 amide bonds. The molecule has 0 bridgehead atoms. The maximum atomic E-state index is 12.7. The minimum atomic E-state index is -3.53. The van der Waals surface area contributed by atoms with Gasteiger partial charge in [-0.3, -0.25) is 4.79 Å². The molecule has 3 aromatic rings. The largest absolute Gasteiger partial charge is 0.455 e. The molecule has 4 rings (SSSR count). The summed E-state index contributed by atoms with van der Waals surface area (Å²) >= 11 is 2.67. The first kappa shape index (κ1) is 22.1. The predicted octanol–water partition coefficient (Wildman–Crippen LogP) is 2.32. The summed E-state index contributed by atoms with van der Waals surface area (Å²) < 4.78 is 39.9. The molecule has 0 unspecified atom stereocenters. The van der Waals surface area contributed by atoms with Gasteiger partial charge >= 0.3 is 0 Å². The van der Waals surface area contributed by atoms with Gasteiger partial charge in [0.15, 0.2) is 10.9 Å². The summed E-state index contributed by atoms with van der Waals surface area (Å²) in [4.78, 5) is 17.4. The number of hydrogen-bond donors (Lipinski definition) is 1. The van der Waals surface area contributed by atoms with E-state index >= 15 is 0 Å². The van der Waals surface area contributed by atoms with Crippen molar-refractivity contribution in [2.75, 3.05) is 26.3 Å². The van der Waals surface area contributed by atoms with E-state index in [1.165, 1.54) is 16.1 Å². The Balaban J connectivity index is 1.31. The average Bonchev–Trinajstić information content (AvgIpc) is 3.52. The molecular weight excluding hydrogens is 460 g/mol. The summed E-state index contributed by atoms with van der Waals surface area (Å²) in [5.74, 6) is 1.10. The number of aromatic nitrogens is 2. The molecular formula is C19H22N4O5S3. The van der Waals surface area contributed by atoms with Crippen molar-refractivity contribution in [2.45, 2.75) is 21.7 Å². The number of nitrogens with zero attached hydrogens (tertiary/aromatic N) is 3. The van der Waals surface area contributed by atoms with Crippen molar-refractivity contribution in [1.82, 2.24) is 19.2 Å². The van der Waals surface area contributed by atoms with E-state index in [2.05, 4.69) is 10.3 Å². The Bertz CT molecular complexity index is 1140. The Labute approximate surface area is 188 Å². The molecule has 0 saturated carbocycles. The molecule has 9 nitrogen and oxygen atoms in total. The Morgan fingerprint density at radius 1 is 1.26 bits per heavy atom. The monoisotopic (exact) mass is 482 g/mol. The molecule has 4 heterocycles. The molecule has 1 fully saturated rings. The number of aryl methyl sites for hydroxylation is 1. The highest BCUT2D eigenvalue weighted by Gasteiger charge is 2.27. The molecule has 3 aromatic heterocycles. The number of sulfonamides is 1. The van der Waals surface area contributed by atoms with Gasteiger partial charge in [0.1, 0.15) is 9.97 Å². The van der Waals surface area contributed by atoms with Gasteiger partial charge in [0.2, 0.25) is 0 Å². The van der Waals surface area contributed by atoms with Crippen LogP contribution in [0.2, 0.25) is 0 Å². The smallest absolute Gasteiger partial charge is 0.287 e. The fourth-order valence-electron chi connectivity index (χ4n) is 2.96. The molecule has 1 N–H and O–H groups in total. The van der Waals surface area contributed by atoms with Crippen molar-refractivity contribution in [2.24, 2.45) is 7.05 Å². The molecule has 31 heavy (non-hydrogen) atoms. The highest BCUT2D eigenvalue weighted by atomic mass is 32.2. The minimum Gasteiger partial charge on any atom is -0.455 e. The lowest BCUT2D eigenvalue weighted by atomic mass is 10.4.